The van der Waals surface area contributed by atoms with Crippen LogP contribution in [0.1, 0.15) is 26.7 Å². The van der Waals surface area contributed by atoms with Crippen molar-refractivity contribution in [2.45, 2.75) is 38.8 Å². The van der Waals surface area contributed by atoms with Crippen molar-refractivity contribution in [3.05, 3.63) is 0 Å². The average Bonchev–Trinajstić information content (AvgIpc) is 2.35. The third-order valence-corrected chi connectivity index (χ3v) is 3.37. The molecule has 3 N–H and O–H groups in total. The molecule has 1 fully saturated rings. The third kappa shape index (κ3) is 4.27. The van der Waals surface area contributed by atoms with Crippen LogP contribution < -0.4 is 5.73 Å². The molecular formula is C12H22N2O4. The molecule has 2 unspecified atom stereocenters. The van der Waals surface area contributed by atoms with Gasteiger partial charge in [-0.1, -0.05) is 6.92 Å². The number of hydrogen-bond donors (Lipinski definition) is 2. The Morgan fingerprint density at radius 2 is 1.94 bits per heavy atom. The van der Waals surface area contributed by atoms with Gasteiger partial charge in [0.15, 0.2) is 0 Å². The van der Waals surface area contributed by atoms with Crippen LogP contribution >= 0.6 is 0 Å². The van der Waals surface area contributed by atoms with Gasteiger partial charge in [-0.2, -0.15) is 0 Å². The first kappa shape index (κ1) is 14.9. The number of amides is 1. The first-order chi connectivity index (χ1) is 8.41. The van der Waals surface area contributed by atoms with E-state index in [2.05, 4.69) is 0 Å². The molecule has 0 aromatic heterocycles. The van der Waals surface area contributed by atoms with Crippen LogP contribution in [0, 0.1) is 5.92 Å². The van der Waals surface area contributed by atoms with Crippen LogP contribution in [0.5, 0.6) is 0 Å². The SMILES string of the molecule is CC(N)C(C)C(=O)N1CCC(OCC(=O)O)CC1. The number of rotatable bonds is 5. The molecule has 0 spiro atoms. The maximum atomic E-state index is 12.0. The molecule has 0 saturated carbocycles. The van der Waals surface area contributed by atoms with Crippen LogP contribution in [0.15, 0.2) is 0 Å². The van der Waals surface area contributed by atoms with Gasteiger partial charge >= 0.3 is 5.97 Å². The van der Waals surface area contributed by atoms with E-state index in [1.54, 1.807) is 4.90 Å². The van der Waals surface area contributed by atoms with Gasteiger partial charge in [0.1, 0.15) is 6.61 Å². The summed E-state index contributed by atoms with van der Waals surface area (Å²) in [6, 6.07) is -0.154. The molecule has 0 aliphatic carbocycles. The normalized spacial score (nSPS) is 20.5. The highest BCUT2D eigenvalue weighted by atomic mass is 16.5. The lowest BCUT2D eigenvalue weighted by atomic mass is 10.0. The number of carbonyl (C=O) groups excluding carboxylic acids is 1. The zero-order valence-electron chi connectivity index (χ0n) is 11.0. The Labute approximate surface area is 107 Å². The van der Waals surface area contributed by atoms with Crippen LogP contribution in [0.4, 0.5) is 0 Å². The summed E-state index contributed by atoms with van der Waals surface area (Å²) in [7, 11) is 0. The summed E-state index contributed by atoms with van der Waals surface area (Å²) in [5.74, 6) is -1.07. The third-order valence-electron chi connectivity index (χ3n) is 3.37. The summed E-state index contributed by atoms with van der Waals surface area (Å²) in [4.78, 5) is 24.2. The number of aliphatic carboxylic acids is 1. The second-order valence-electron chi connectivity index (χ2n) is 4.88. The van der Waals surface area contributed by atoms with Gasteiger partial charge < -0.3 is 20.5 Å². The standard InChI is InChI=1S/C12H22N2O4/c1-8(9(2)13)12(17)14-5-3-10(4-6-14)18-7-11(15)16/h8-10H,3-7,13H2,1-2H3,(H,15,16). The summed E-state index contributed by atoms with van der Waals surface area (Å²) in [6.07, 6.45) is 1.31. The second kappa shape index (κ2) is 6.70. The molecule has 0 aromatic rings. The zero-order valence-corrected chi connectivity index (χ0v) is 11.0. The number of carboxylic acids is 1. The molecule has 6 nitrogen and oxygen atoms in total. The first-order valence-corrected chi connectivity index (χ1v) is 6.29. The van der Waals surface area contributed by atoms with E-state index in [1.807, 2.05) is 13.8 Å². The smallest absolute Gasteiger partial charge is 0.329 e. The molecule has 1 rings (SSSR count). The quantitative estimate of drug-likeness (QED) is 0.727. The van der Waals surface area contributed by atoms with E-state index in [0.717, 1.165) is 0 Å². The summed E-state index contributed by atoms with van der Waals surface area (Å²) >= 11 is 0. The predicted molar refractivity (Wildman–Crippen MR) is 66.0 cm³/mol. The molecular weight excluding hydrogens is 236 g/mol. The topological polar surface area (TPSA) is 92.9 Å². The lowest BCUT2D eigenvalue weighted by molar-refractivity contribution is -0.147. The van der Waals surface area contributed by atoms with Crippen LogP contribution in [0.3, 0.4) is 0 Å². The molecule has 1 heterocycles. The van der Waals surface area contributed by atoms with Crippen molar-refractivity contribution in [2.24, 2.45) is 11.7 Å². The minimum atomic E-state index is -0.959. The molecule has 1 aliphatic heterocycles. The van der Waals surface area contributed by atoms with E-state index in [4.69, 9.17) is 15.6 Å². The summed E-state index contributed by atoms with van der Waals surface area (Å²) in [5.41, 5.74) is 5.71. The highest BCUT2D eigenvalue weighted by Crippen LogP contribution is 2.16. The molecule has 104 valence electrons. The lowest BCUT2D eigenvalue weighted by Gasteiger charge is -2.34. The van der Waals surface area contributed by atoms with Crippen molar-refractivity contribution in [1.29, 1.82) is 0 Å². The van der Waals surface area contributed by atoms with Gasteiger partial charge in [0.05, 0.1) is 12.0 Å². The molecule has 6 heteroatoms. The fourth-order valence-corrected chi connectivity index (χ4v) is 1.94. The van der Waals surface area contributed by atoms with Crippen molar-refractivity contribution >= 4 is 11.9 Å². The van der Waals surface area contributed by atoms with E-state index < -0.39 is 5.97 Å². The number of nitrogens with zero attached hydrogens (tertiary/aromatic N) is 1. The van der Waals surface area contributed by atoms with Gasteiger partial charge in [-0.25, -0.2) is 4.79 Å². The maximum Gasteiger partial charge on any atom is 0.329 e. The number of likely N-dealkylation sites (tertiary alicyclic amines) is 1. The molecule has 0 radical (unpaired) electrons. The van der Waals surface area contributed by atoms with Crippen molar-refractivity contribution in [3.8, 4) is 0 Å². The number of ether oxygens (including phenoxy) is 1. The van der Waals surface area contributed by atoms with Gasteiger partial charge in [0, 0.05) is 19.1 Å². The largest absolute Gasteiger partial charge is 0.480 e. The van der Waals surface area contributed by atoms with Gasteiger partial charge in [-0.15, -0.1) is 0 Å². The number of carboxylic acid groups (broad SMARTS) is 1. The average molecular weight is 258 g/mol. The minimum Gasteiger partial charge on any atom is -0.480 e. The van der Waals surface area contributed by atoms with Crippen LogP contribution in [-0.4, -0.2) is 53.7 Å². The summed E-state index contributed by atoms with van der Waals surface area (Å²) in [5, 5.41) is 8.51. The van der Waals surface area contributed by atoms with Gasteiger partial charge in [-0.05, 0) is 19.8 Å². The molecule has 1 saturated heterocycles. The maximum absolute atomic E-state index is 12.0. The van der Waals surface area contributed by atoms with Crippen LogP contribution in [-0.2, 0) is 14.3 Å². The molecule has 0 bridgehead atoms. The summed E-state index contributed by atoms with van der Waals surface area (Å²) < 4.78 is 5.22. The molecule has 0 aromatic carbocycles. The predicted octanol–water partition coefficient (Wildman–Crippen LogP) is 0.0619. The highest BCUT2D eigenvalue weighted by molar-refractivity contribution is 5.79. The van der Waals surface area contributed by atoms with Crippen molar-refractivity contribution in [3.63, 3.8) is 0 Å². The number of carbonyl (C=O) groups is 2. The van der Waals surface area contributed by atoms with Gasteiger partial charge in [0.2, 0.25) is 5.91 Å². The molecule has 1 amide bonds. The van der Waals surface area contributed by atoms with Crippen LogP contribution in [0.2, 0.25) is 0 Å². The fraction of sp³-hybridized carbons (Fsp3) is 0.833. The van der Waals surface area contributed by atoms with Crippen molar-refractivity contribution < 1.29 is 19.4 Å². The lowest BCUT2D eigenvalue weighted by Crippen LogP contribution is -2.46. The fourth-order valence-electron chi connectivity index (χ4n) is 1.94. The van der Waals surface area contributed by atoms with E-state index in [9.17, 15) is 9.59 Å². The van der Waals surface area contributed by atoms with Gasteiger partial charge in [0.25, 0.3) is 0 Å². The Hall–Kier alpha value is -1.14. The van der Waals surface area contributed by atoms with Gasteiger partial charge in [-0.3, -0.25) is 4.79 Å². The monoisotopic (exact) mass is 258 g/mol. The number of piperidine rings is 1. The highest BCUT2D eigenvalue weighted by Gasteiger charge is 2.27. The number of hydrogen-bond acceptors (Lipinski definition) is 4. The summed E-state index contributed by atoms with van der Waals surface area (Å²) in [6.45, 7) is 4.61. The second-order valence-corrected chi connectivity index (χ2v) is 4.88. The van der Waals surface area contributed by atoms with Crippen molar-refractivity contribution in [1.82, 2.24) is 4.90 Å². The zero-order chi connectivity index (χ0) is 13.7. The van der Waals surface area contributed by atoms with E-state index in [0.29, 0.717) is 25.9 Å². The Morgan fingerprint density at radius 3 is 2.39 bits per heavy atom. The molecule has 2 atom stereocenters. The Kier molecular flexibility index (Phi) is 5.55. The Balaban J connectivity index is 2.35. The molecule has 18 heavy (non-hydrogen) atoms. The van der Waals surface area contributed by atoms with Crippen molar-refractivity contribution in [2.75, 3.05) is 19.7 Å². The van der Waals surface area contributed by atoms with Crippen LogP contribution in [0.25, 0.3) is 0 Å². The Bertz CT molecular complexity index is 298. The molecule has 1 aliphatic rings. The van der Waals surface area contributed by atoms with E-state index in [-0.39, 0.29) is 30.6 Å². The number of nitrogens with two attached hydrogens (primary N) is 1. The Morgan fingerprint density at radius 1 is 1.39 bits per heavy atom. The first-order valence-electron chi connectivity index (χ1n) is 6.29. The van der Waals surface area contributed by atoms with E-state index in [1.165, 1.54) is 0 Å². The minimum absolute atomic E-state index is 0.0595. The van der Waals surface area contributed by atoms with E-state index >= 15 is 0 Å².